The van der Waals surface area contributed by atoms with Crippen LogP contribution >= 0.6 is 23.2 Å². The minimum atomic E-state index is -3.87. The van der Waals surface area contributed by atoms with Gasteiger partial charge in [0.2, 0.25) is 0 Å². The molecule has 26 heavy (non-hydrogen) atoms. The van der Waals surface area contributed by atoms with Crippen molar-refractivity contribution in [2.24, 2.45) is 0 Å². The number of hydrogen-bond donors (Lipinski definition) is 1. The first-order valence-corrected chi connectivity index (χ1v) is 9.95. The molecular weight excluding hydrogens is 395 g/mol. The van der Waals surface area contributed by atoms with Crippen molar-refractivity contribution < 1.29 is 13.2 Å². The van der Waals surface area contributed by atoms with Gasteiger partial charge >= 0.3 is 0 Å². The van der Waals surface area contributed by atoms with E-state index in [9.17, 15) is 13.2 Å². The van der Waals surface area contributed by atoms with Crippen LogP contribution in [0.5, 0.6) is 0 Å². The van der Waals surface area contributed by atoms with Crippen LogP contribution in [0.25, 0.3) is 0 Å². The van der Waals surface area contributed by atoms with Gasteiger partial charge < -0.3 is 0 Å². The fourth-order valence-electron chi connectivity index (χ4n) is 2.48. The lowest BCUT2D eigenvalue weighted by Gasteiger charge is -2.19. The van der Waals surface area contributed by atoms with Crippen molar-refractivity contribution >= 4 is 39.0 Å². The molecule has 0 saturated carbocycles. The first-order valence-electron chi connectivity index (χ1n) is 7.65. The predicted octanol–water partition coefficient (Wildman–Crippen LogP) is 3.72. The van der Waals surface area contributed by atoms with Crippen molar-refractivity contribution in [2.75, 3.05) is 0 Å². The summed E-state index contributed by atoms with van der Waals surface area (Å²) in [5.74, 6) is -0.295. The number of pyridine rings is 1. The highest BCUT2D eigenvalue weighted by Crippen LogP contribution is 2.26. The Morgan fingerprint density at radius 1 is 1.12 bits per heavy atom. The Labute approximate surface area is 161 Å². The standard InChI is InChI=1S/C18H14Cl2N2O3S/c19-13-1-4-15(5-2-13)26(24,25)22-17-6-3-14(20)11-16(17)18(23)12-7-9-21-10-8-12/h1-10,14,22H,11H2. The number of nitrogens with zero attached hydrogens (tertiary/aromatic N) is 1. The third-order valence-electron chi connectivity index (χ3n) is 3.78. The van der Waals surface area contributed by atoms with Crippen molar-refractivity contribution in [2.45, 2.75) is 16.7 Å². The number of aromatic nitrogens is 1. The zero-order valence-electron chi connectivity index (χ0n) is 13.4. The summed E-state index contributed by atoms with van der Waals surface area (Å²) in [7, 11) is -3.87. The molecule has 134 valence electrons. The average Bonchev–Trinajstić information content (AvgIpc) is 2.63. The second kappa shape index (κ2) is 7.61. The Balaban J connectivity index is 1.98. The number of sulfonamides is 1. The van der Waals surface area contributed by atoms with Crippen molar-refractivity contribution in [3.63, 3.8) is 0 Å². The minimum Gasteiger partial charge on any atom is -0.289 e. The van der Waals surface area contributed by atoms with E-state index < -0.39 is 10.0 Å². The topological polar surface area (TPSA) is 76.1 Å². The molecule has 0 spiro atoms. The van der Waals surface area contributed by atoms with Gasteiger partial charge in [0.25, 0.3) is 10.0 Å². The number of hydrogen-bond acceptors (Lipinski definition) is 4. The van der Waals surface area contributed by atoms with E-state index in [1.165, 1.54) is 42.7 Å². The number of nitrogens with one attached hydrogen (secondary N) is 1. The molecule has 8 heteroatoms. The average molecular weight is 409 g/mol. The largest absolute Gasteiger partial charge is 0.289 e. The van der Waals surface area contributed by atoms with Crippen LogP contribution in [0.3, 0.4) is 0 Å². The van der Waals surface area contributed by atoms with E-state index in [0.717, 1.165) is 0 Å². The highest BCUT2D eigenvalue weighted by molar-refractivity contribution is 7.89. The maximum atomic E-state index is 12.8. The van der Waals surface area contributed by atoms with E-state index >= 15 is 0 Å². The van der Waals surface area contributed by atoms with Gasteiger partial charge in [-0.1, -0.05) is 17.7 Å². The Hall–Kier alpha value is -2.15. The third-order valence-corrected chi connectivity index (χ3v) is 5.71. The molecule has 1 N–H and O–H groups in total. The van der Waals surface area contributed by atoms with Crippen LogP contribution in [0.15, 0.2) is 77.1 Å². The van der Waals surface area contributed by atoms with Crippen LogP contribution in [0.2, 0.25) is 5.02 Å². The molecule has 2 aromatic rings. The van der Waals surface area contributed by atoms with Gasteiger partial charge in [0, 0.05) is 28.6 Å². The number of carbonyl (C=O) groups excluding carboxylic acids is 1. The summed E-state index contributed by atoms with van der Waals surface area (Å²) >= 11 is 11.9. The molecule has 1 atom stereocenters. The fourth-order valence-corrected chi connectivity index (χ4v) is 3.93. The molecular formula is C18H14Cl2N2O3S. The number of alkyl halides is 1. The lowest BCUT2D eigenvalue weighted by molar-refractivity contribution is 0.102. The second-order valence-electron chi connectivity index (χ2n) is 5.60. The zero-order chi connectivity index (χ0) is 18.7. The lowest BCUT2D eigenvalue weighted by atomic mass is 9.95. The van der Waals surface area contributed by atoms with Gasteiger partial charge in [-0.25, -0.2) is 8.42 Å². The van der Waals surface area contributed by atoms with Gasteiger partial charge in [-0.15, -0.1) is 11.6 Å². The molecule has 0 aliphatic heterocycles. The van der Waals surface area contributed by atoms with Gasteiger partial charge in [0.05, 0.1) is 16.0 Å². The van der Waals surface area contributed by atoms with E-state index in [2.05, 4.69) is 9.71 Å². The number of allylic oxidation sites excluding steroid dienone is 3. The van der Waals surface area contributed by atoms with Crippen molar-refractivity contribution in [1.29, 1.82) is 0 Å². The van der Waals surface area contributed by atoms with E-state index in [0.29, 0.717) is 16.2 Å². The zero-order valence-corrected chi connectivity index (χ0v) is 15.7. The maximum absolute atomic E-state index is 12.8. The van der Waals surface area contributed by atoms with Gasteiger partial charge in [-0.2, -0.15) is 0 Å². The van der Waals surface area contributed by atoms with E-state index in [1.54, 1.807) is 18.2 Å². The summed E-state index contributed by atoms with van der Waals surface area (Å²) in [6.07, 6.45) is 6.38. The van der Waals surface area contributed by atoms with E-state index in [4.69, 9.17) is 23.2 Å². The van der Waals surface area contributed by atoms with Crippen molar-refractivity contribution in [3.05, 3.63) is 82.8 Å². The number of ketones is 1. The predicted molar refractivity (Wildman–Crippen MR) is 101 cm³/mol. The van der Waals surface area contributed by atoms with E-state index in [-0.39, 0.29) is 28.2 Å². The van der Waals surface area contributed by atoms with Crippen LogP contribution in [-0.2, 0) is 10.0 Å². The lowest BCUT2D eigenvalue weighted by Crippen LogP contribution is -2.27. The number of carbonyl (C=O) groups is 1. The fraction of sp³-hybridized carbons (Fsp3) is 0.111. The molecule has 1 aliphatic carbocycles. The summed E-state index contributed by atoms with van der Waals surface area (Å²) < 4.78 is 27.7. The molecule has 3 rings (SSSR count). The Bertz CT molecular complexity index is 985. The summed E-state index contributed by atoms with van der Waals surface area (Å²) in [6.45, 7) is 0. The molecule has 0 bridgehead atoms. The molecule has 1 aromatic heterocycles. The Kier molecular flexibility index (Phi) is 5.46. The summed E-state index contributed by atoms with van der Waals surface area (Å²) in [6, 6.07) is 8.90. The van der Waals surface area contributed by atoms with Gasteiger partial charge in [0.15, 0.2) is 5.78 Å². The summed E-state index contributed by atoms with van der Waals surface area (Å²) in [4.78, 5) is 16.7. The van der Waals surface area contributed by atoms with Crippen LogP contribution in [0, 0.1) is 0 Å². The maximum Gasteiger partial charge on any atom is 0.261 e. The van der Waals surface area contributed by atoms with Gasteiger partial charge in [-0.05, 0) is 48.9 Å². The molecule has 1 unspecified atom stereocenters. The third kappa shape index (κ3) is 4.15. The molecule has 1 aliphatic rings. The molecule has 1 heterocycles. The smallest absolute Gasteiger partial charge is 0.261 e. The molecule has 0 saturated heterocycles. The summed E-state index contributed by atoms with van der Waals surface area (Å²) in [5.41, 5.74) is 0.923. The first kappa shape index (κ1) is 18.6. The monoisotopic (exact) mass is 408 g/mol. The first-order chi connectivity index (χ1) is 12.4. The molecule has 5 nitrogen and oxygen atoms in total. The minimum absolute atomic E-state index is 0.0477. The highest BCUT2D eigenvalue weighted by atomic mass is 35.5. The molecule has 1 aromatic carbocycles. The van der Waals surface area contributed by atoms with Crippen molar-refractivity contribution in [1.82, 2.24) is 9.71 Å². The second-order valence-corrected chi connectivity index (χ2v) is 8.28. The molecule has 0 radical (unpaired) electrons. The summed E-state index contributed by atoms with van der Waals surface area (Å²) in [5, 5.41) is 0.0406. The Morgan fingerprint density at radius 2 is 1.77 bits per heavy atom. The highest BCUT2D eigenvalue weighted by Gasteiger charge is 2.25. The van der Waals surface area contributed by atoms with Crippen LogP contribution in [0.1, 0.15) is 16.8 Å². The van der Waals surface area contributed by atoms with Gasteiger partial charge in [-0.3, -0.25) is 14.5 Å². The SMILES string of the molecule is O=C(C1=C(NS(=O)(=O)c2ccc(Cl)cc2)C=CC(Cl)C1)c1ccncc1. The van der Waals surface area contributed by atoms with Gasteiger partial charge in [0.1, 0.15) is 0 Å². The number of benzene rings is 1. The van der Waals surface area contributed by atoms with E-state index in [1.807, 2.05) is 0 Å². The van der Waals surface area contributed by atoms with Crippen LogP contribution < -0.4 is 4.72 Å². The number of Topliss-reactive ketones (excluding diaryl/α,β-unsaturated/α-hetero) is 1. The molecule has 0 amide bonds. The number of halogens is 2. The number of rotatable bonds is 5. The van der Waals surface area contributed by atoms with Crippen LogP contribution in [-0.4, -0.2) is 24.6 Å². The molecule has 0 fully saturated rings. The van der Waals surface area contributed by atoms with Crippen molar-refractivity contribution in [3.8, 4) is 0 Å². The Morgan fingerprint density at radius 3 is 2.42 bits per heavy atom. The van der Waals surface area contributed by atoms with Crippen LogP contribution in [0.4, 0.5) is 0 Å². The quantitative estimate of drug-likeness (QED) is 0.603. The normalized spacial score (nSPS) is 17.2.